The van der Waals surface area contributed by atoms with Crippen LogP contribution < -0.4 is 9.64 Å². The zero-order valence-electron chi connectivity index (χ0n) is 46.4. The van der Waals surface area contributed by atoms with Gasteiger partial charge in [0.2, 0.25) is 0 Å². The van der Waals surface area contributed by atoms with Gasteiger partial charge in [0, 0.05) is 98.7 Å². The minimum atomic E-state index is -0.245. The normalized spacial score (nSPS) is 31.9. The molecule has 0 radical (unpaired) electrons. The molecule has 5 aliphatic heterocycles. The quantitative estimate of drug-likeness (QED) is 0.136. The molecule has 5 aliphatic carbocycles. The van der Waals surface area contributed by atoms with Gasteiger partial charge in [-0.2, -0.15) is 0 Å². The third-order valence-electron chi connectivity index (χ3n) is 19.9. The molecule has 2 fully saturated rings. The summed E-state index contributed by atoms with van der Waals surface area (Å²) in [6.07, 6.45) is 40.4. The SMILES string of the molecule is C/C=C\C1Oc2ccc(C3=C(c4nc(-c5ccccc5)nc(-c5ccccc5)n4)CC(C4=CC5C6C7=C(CCC6OC5(C)CC4)N(c4ccccc4)C4C=CC=CCC74)C=N3)cc2C1C1C2=CCCC=C2N(C2C=CCCC2)C1C. The molecular weight excluding hydrogens is 981 g/mol. The van der Waals surface area contributed by atoms with Crippen LogP contribution in [0.3, 0.4) is 0 Å². The molecule has 402 valence electrons. The molecule has 0 N–H and O–H groups in total. The molecular formula is C72H72N6O2. The average molecular weight is 1050 g/mol. The van der Waals surface area contributed by atoms with E-state index in [0.717, 1.165) is 78.7 Å². The van der Waals surface area contributed by atoms with E-state index in [4.69, 9.17) is 29.4 Å². The summed E-state index contributed by atoms with van der Waals surface area (Å²) < 4.78 is 14.4. The van der Waals surface area contributed by atoms with Crippen molar-refractivity contribution in [3.05, 3.63) is 221 Å². The number of likely N-dealkylation sites (tertiary alicyclic amines) is 1. The van der Waals surface area contributed by atoms with Gasteiger partial charge >= 0.3 is 0 Å². The zero-order chi connectivity index (χ0) is 53.5. The smallest absolute Gasteiger partial charge is 0.164 e. The number of anilines is 1. The average Bonchev–Trinajstić information content (AvgIpc) is 4.25. The van der Waals surface area contributed by atoms with E-state index in [1.165, 1.54) is 53.1 Å². The van der Waals surface area contributed by atoms with Gasteiger partial charge in [0.05, 0.1) is 23.4 Å². The first-order valence-electron chi connectivity index (χ1n) is 30.1. The number of para-hydroxylation sites is 1. The largest absolute Gasteiger partial charge is 0.485 e. The maximum Gasteiger partial charge on any atom is 0.164 e. The van der Waals surface area contributed by atoms with Crippen LogP contribution in [0.5, 0.6) is 5.75 Å². The summed E-state index contributed by atoms with van der Waals surface area (Å²) in [5, 5.41) is 0. The Balaban J connectivity index is 0.849. The highest BCUT2D eigenvalue weighted by Gasteiger charge is 2.59. The Morgan fingerprint density at radius 1 is 0.738 bits per heavy atom. The van der Waals surface area contributed by atoms with Gasteiger partial charge in [-0.25, -0.2) is 15.0 Å². The van der Waals surface area contributed by atoms with Crippen molar-refractivity contribution in [3.8, 4) is 28.5 Å². The van der Waals surface area contributed by atoms with E-state index < -0.39 is 0 Å². The fraction of sp³-hybridized carbons (Fsp3) is 0.361. The first kappa shape index (κ1) is 49.6. The first-order chi connectivity index (χ1) is 39.4. The Morgan fingerprint density at radius 2 is 1.50 bits per heavy atom. The summed E-state index contributed by atoms with van der Waals surface area (Å²) in [4.78, 5) is 27.2. The van der Waals surface area contributed by atoms with Crippen molar-refractivity contribution in [3.63, 3.8) is 0 Å². The maximum absolute atomic E-state index is 7.38. The van der Waals surface area contributed by atoms with Gasteiger partial charge in [0.15, 0.2) is 17.5 Å². The minimum absolute atomic E-state index is 0.0552. The lowest BCUT2D eigenvalue weighted by Gasteiger charge is -2.38. The second kappa shape index (κ2) is 20.3. The molecule has 10 aliphatic rings. The summed E-state index contributed by atoms with van der Waals surface area (Å²) >= 11 is 0. The van der Waals surface area contributed by atoms with E-state index in [1.807, 2.05) is 0 Å². The lowest BCUT2D eigenvalue weighted by Crippen LogP contribution is -2.40. The van der Waals surface area contributed by atoms with Crippen molar-refractivity contribution in [2.24, 2.45) is 34.6 Å². The van der Waals surface area contributed by atoms with Gasteiger partial charge in [-0.05, 0) is 139 Å². The molecule has 80 heavy (non-hydrogen) atoms. The number of benzene rings is 4. The fourth-order valence-corrected chi connectivity index (χ4v) is 16.4. The van der Waals surface area contributed by atoms with Crippen LogP contribution in [0.15, 0.2) is 209 Å². The monoisotopic (exact) mass is 1050 g/mol. The van der Waals surface area contributed by atoms with Crippen LogP contribution in [0.4, 0.5) is 5.69 Å². The van der Waals surface area contributed by atoms with Crippen molar-refractivity contribution in [1.29, 1.82) is 0 Å². The highest BCUT2D eigenvalue weighted by Crippen LogP contribution is 2.61. The molecule has 12 unspecified atom stereocenters. The molecule has 2 saturated heterocycles. The van der Waals surface area contributed by atoms with Gasteiger partial charge in [0.1, 0.15) is 11.9 Å². The van der Waals surface area contributed by atoms with Crippen molar-refractivity contribution in [2.75, 3.05) is 4.90 Å². The lowest BCUT2D eigenvalue weighted by molar-refractivity contribution is -0.0515. The summed E-state index contributed by atoms with van der Waals surface area (Å²) in [6.45, 7) is 7.02. The molecule has 8 heteroatoms. The number of hydrogen-bond donors (Lipinski definition) is 0. The van der Waals surface area contributed by atoms with Crippen LogP contribution in [-0.2, 0) is 4.74 Å². The topological polar surface area (TPSA) is 76.0 Å². The predicted octanol–water partition coefficient (Wildman–Crippen LogP) is 15.8. The minimum Gasteiger partial charge on any atom is -0.485 e. The van der Waals surface area contributed by atoms with E-state index in [2.05, 4.69) is 213 Å². The molecule has 0 spiro atoms. The molecule has 0 saturated carbocycles. The third kappa shape index (κ3) is 8.33. The first-order valence-corrected chi connectivity index (χ1v) is 30.1. The van der Waals surface area contributed by atoms with E-state index >= 15 is 0 Å². The summed E-state index contributed by atoms with van der Waals surface area (Å²) in [5.74, 6) is 4.37. The molecule has 1 aromatic heterocycles. The molecule has 0 amide bonds. The predicted molar refractivity (Wildman–Crippen MR) is 322 cm³/mol. The number of allylic oxidation sites excluding steroid dienone is 11. The van der Waals surface area contributed by atoms with E-state index in [9.17, 15) is 0 Å². The summed E-state index contributed by atoms with van der Waals surface area (Å²) in [5.41, 5.74) is 14.8. The van der Waals surface area contributed by atoms with Crippen LogP contribution in [0.2, 0.25) is 0 Å². The maximum atomic E-state index is 7.38. The van der Waals surface area contributed by atoms with Gasteiger partial charge in [-0.15, -0.1) is 0 Å². The lowest BCUT2D eigenvalue weighted by atomic mass is 9.65. The van der Waals surface area contributed by atoms with Crippen LogP contribution in [0.1, 0.15) is 114 Å². The van der Waals surface area contributed by atoms with Crippen molar-refractivity contribution in [2.45, 2.75) is 133 Å². The standard InChI is InChI=1S/C72H72N6O2/c1-4-22-62-66(64-45(2)77(51-27-14-7-15-28-51)58-34-21-20-32-53(58)64)55-41-49(35-37-61(55)79-62)68-56(71-75-69(46-23-10-5-11-24-46)74-70(76-71)47-25-12-6-13-26-47)42-50(44-73-68)48-39-40-72(3)57(43-48)67-63(80-72)38-36-60-65(67)54-31-18-9-19-33-59(54)78(60)52-29-16-8-17-30-52/h4-6,8-14,16-19,22-27,29-30,32-35,37,41,43-45,50-51,54,57,59,62-64,66-67H,7,15,20-21,28,31,36,38-40,42H2,1-3H3/b22-4-. The Morgan fingerprint density at radius 3 is 2.26 bits per heavy atom. The summed E-state index contributed by atoms with van der Waals surface area (Å²) in [6, 6.07) is 39.8. The van der Waals surface area contributed by atoms with Gasteiger partial charge in [-0.3, -0.25) is 4.99 Å². The van der Waals surface area contributed by atoms with E-state index in [-0.39, 0.29) is 47.5 Å². The van der Waals surface area contributed by atoms with Crippen molar-refractivity contribution in [1.82, 2.24) is 19.9 Å². The van der Waals surface area contributed by atoms with Crippen LogP contribution in [-0.4, -0.2) is 62.0 Å². The molecule has 0 bridgehead atoms. The van der Waals surface area contributed by atoms with Crippen LogP contribution in [0, 0.1) is 29.6 Å². The number of hydrogen-bond acceptors (Lipinski definition) is 8. The highest BCUT2D eigenvalue weighted by atomic mass is 16.5. The number of nitrogens with zero attached hydrogens (tertiary/aromatic N) is 6. The number of ether oxygens (including phenoxy) is 2. The molecule has 4 aromatic carbocycles. The van der Waals surface area contributed by atoms with Crippen molar-refractivity contribution >= 4 is 23.2 Å². The van der Waals surface area contributed by atoms with Crippen LogP contribution in [0.25, 0.3) is 34.0 Å². The van der Waals surface area contributed by atoms with Gasteiger partial charge < -0.3 is 19.3 Å². The van der Waals surface area contributed by atoms with E-state index in [1.54, 1.807) is 5.57 Å². The van der Waals surface area contributed by atoms with E-state index in [0.29, 0.717) is 47.8 Å². The Kier molecular flexibility index (Phi) is 12.6. The zero-order valence-corrected chi connectivity index (χ0v) is 46.4. The number of rotatable bonds is 9. The molecule has 15 rings (SSSR count). The molecule has 12 atom stereocenters. The second-order valence-electron chi connectivity index (χ2n) is 24.3. The number of aliphatic imine (C=N–C) groups is 1. The second-order valence-corrected chi connectivity index (χ2v) is 24.3. The third-order valence-corrected chi connectivity index (χ3v) is 19.9. The van der Waals surface area contributed by atoms with Crippen molar-refractivity contribution < 1.29 is 9.47 Å². The number of aromatic nitrogens is 3. The molecule has 8 nitrogen and oxygen atoms in total. The van der Waals surface area contributed by atoms with Crippen LogP contribution >= 0.6 is 0 Å². The van der Waals surface area contributed by atoms with Gasteiger partial charge in [-0.1, -0.05) is 145 Å². The molecule has 6 heterocycles. The Bertz CT molecular complexity index is 3510. The fourth-order valence-electron chi connectivity index (χ4n) is 16.4. The van der Waals surface area contributed by atoms with Gasteiger partial charge in [0.25, 0.3) is 0 Å². The Hall–Kier alpha value is -7.42. The highest BCUT2D eigenvalue weighted by molar-refractivity contribution is 5.96. The number of fused-ring (bicyclic) bond motifs is 8. The molecule has 5 aromatic rings. The Labute approximate surface area is 472 Å². The summed E-state index contributed by atoms with van der Waals surface area (Å²) in [7, 11) is 0.